The number of ether oxygens (including phenoxy) is 1. The van der Waals surface area contributed by atoms with Gasteiger partial charge in [-0.15, -0.1) is 0 Å². The first-order valence-corrected chi connectivity index (χ1v) is 6.68. The highest BCUT2D eigenvalue weighted by molar-refractivity contribution is 5.75. The minimum atomic E-state index is 0.190. The first-order chi connectivity index (χ1) is 8.13. The van der Waals surface area contributed by atoms with Crippen LogP contribution in [0.3, 0.4) is 0 Å². The maximum atomic E-state index is 11.4. The Morgan fingerprint density at radius 3 is 2.88 bits per heavy atom. The molecule has 0 aliphatic carbocycles. The topological polar surface area (TPSA) is 41.6 Å². The average Bonchev–Trinajstić information content (AvgIpc) is 2.29. The van der Waals surface area contributed by atoms with Gasteiger partial charge in [0, 0.05) is 39.7 Å². The lowest BCUT2D eigenvalue weighted by molar-refractivity contribution is -0.128. The fourth-order valence-corrected chi connectivity index (χ4v) is 2.20. The number of carbonyl (C=O) groups excluding carboxylic acids is 1. The van der Waals surface area contributed by atoms with Gasteiger partial charge in [-0.2, -0.15) is 0 Å². The summed E-state index contributed by atoms with van der Waals surface area (Å²) in [5, 5.41) is 3.47. The van der Waals surface area contributed by atoms with Crippen molar-refractivity contribution in [3.8, 4) is 0 Å². The van der Waals surface area contributed by atoms with Crippen molar-refractivity contribution in [2.75, 3.05) is 27.2 Å². The second-order valence-electron chi connectivity index (χ2n) is 5.00. The molecule has 1 heterocycles. The minimum Gasteiger partial charge on any atom is -0.378 e. The lowest BCUT2D eigenvalue weighted by Gasteiger charge is -2.30. The fourth-order valence-electron chi connectivity index (χ4n) is 2.20. The van der Waals surface area contributed by atoms with E-state index < -0.39 is 0 Å². The Hall–Kier alpha value is -0.610. The molecule has 0 aromatic heterocycles. The summed E-state index contributed by atoms with van der Waals surface area (Å²) in [5.74, 6) is 0.190. The molecule has 1 aliphatic heterocycles. The van der Waals surface area contributed by atoms with Crippen molar-refractivity contribution in [2.45, 2.75) is 51.2 Å². The number of hydrogen-bond donors (Lipinski definition) is 1. The highest BCUT2D eigenvalue weighted by Gasteiger charge is 2.21. The number of hydrogen-bond acceptors (Lipinski definition) is 3. The monoisotopic (exact) mass is 242 g/mol. The van der Waals surface area contributed by atoms with E-state index in [4.69, 9.17) is 4.74 Å². The molecule has 1 N–H and O–H groups in total. The standard InChI is InChI=1S/C13H26N2O2/c1-4-5-12-10-11(7-9-17-12)14-8-6-13(16)15(2)3/h11-12,14H,4-10H2,1-3H3. The number of rotatable bonds is 6. The first kappa shape index (κ1) is 14.5. The molecule has 0 spiro atoms. The molecule has 1 rings (SSSR count). The van der Waals surface area contributed by atoms with Crippen LogP contribution >= 0.6 is 0 Å². The normalized spacial score (nSPS) is 24.6. The first-order valence-electron chi connectivity index (χ1n) is 6.68. The van der Waals surface area contributed by atoms with Crippen molar-refractivity contribution < 1.29 is 9.53 Å². The van der Waals surface area contributed by atoms with Gasteiger partial charge in [0.05, 0.1) is 6.10 Å². The third-order valence-electron chi connectivity index (χ3n) is 3.25. The van der Waals surface area contributed by atoms with E-state index in [9.17, 15) is 4.79 Å². The molecule has 1 fully saturated rings. The summed E-state index contributed by atoms with van der Waals surface area (Å²) in [4.78, 5) is 13.1. The smallest absolute Gasteiger partial charge is 0.223 e. The van der Waals surface area contributed by atoms with Crippen molar-refractivity contribution in [2.24, 2.45) is 0 Å². The van der Waals surface area contributed by atoms with Crippen LogP contribution in [0.15, 0.2) is 0 Å². The summed E-state index contributed by atoms with van der Waals surface area (Å²) in [6.45, 7) is 3.82. The Kier molecular flexibility index (Phi) is 6.52. The predicted octanol–water partition coefficient (Wildman–Crippen LogP) is 1.40. The molecule has 100 valence electrons. The van der Waals surface area contributed by atoms with Crippen LogP contribution in [0.4, 0.5) is 0 Å². The van der Waals surface area contributed by atoms with Gasteiger partial charge in [-0.1, -0.05) is 13.3 Å². The molecule has 0 aromatic carbocycles. The third kappa shape index (κ3) is 5.50. The molecule has 0 saturated carbocycles. The van der Waals surface area contributed by atoms with Gasteiger partial charge >= 0.3 is 0 Å². The Labute approximate surface area is 105 Å². The van der Waals surface area contributed by atoms with Crippen LogP contribution in [0.5, 0.6) is 0 Å². The molecule has 4 nitrogen and oxygen atoms in total. The maximum Gasteiger partial charge on any atom is 0.223 e. The Morgan fingerprint density at radius 1 is 1.47 bits per heavy atom. The lowest BCUT2D eigenvalue weighted by Crippen LogP contribution is -2.40. The van der Waals surface area contributed by atoms with Gasteiger partial charge in [-0.3, -0.25) is 4.79 Å². The summed E-state index contributed by atoms with van der Waals surface area (Å²) in [5.41, 5.74) is 0. The van der Waals surface area contributed by atoms with Crippen molar-refractivity contribution in [3.63, 3.8) is 0 Å². The van der Waals surface area contributed by atoms with E-state index >= 15 is 0 Å². The van der Waals surface area contributed by atoms with E-state index in [1.54, 1.807) is 19.0 Å². The predicted molar refractivity (Wildman–Crippen MR) is 69.0 cm³/mol. The Bertz CT molecular complexity index is 229. The number of nitrogens with zero attached hydrogens (tertiary/aromatic N) is 1. The van der Waals surface area contributed by atoms with Crippen molar-refractivity contribution in [3.05, 3.63) is 0 Å². The van der Waals surface area contributed by atoms with E-state index in [0.29, 0.717) is 18.6 Å². The van der Waals surface area contributed by atoms with Gasteiger partial charge in [0.25, 0.3) is 0 Å². The second-order valence-corrected chi connectivity index (χ2v) is 5.00. The molecule has 1 amide bonds. The zero-order chi connectivity index (χ0) is 12.7. The number of nitrogens with one attached hydrogen (secondary N) is 1. The third-order valence-corrected chi connectivity index (χ3v) is 3.25. The quantitative estimate of drug-likeness (QED) is 0.765. The number of amides is 1. The fraction of sp³-hybridized carbons (Fsp3) is 0.923. The van der Waals surface area contributed by atoms with E-state index in [0.717, 1.165) is 32.4 Å². The molecule has 2 unspecified atom stereocenters. The van der Waals surface area contributed by atoms with Crippen molar-refractivity contribution >= 4 is 5.91 Å². The molecule has 17 heavy (non-hydrogen) atoms. The van der Waals surface area contributed by atoms with E-state index in [-0.39, 0.29) is 5.91 Å². The molecule has 0 aromatic rings. The van der Waals surface area contributed by atoms with Crippen LogP contribution in [0.1, 0.15) is 39.0 Å². The van der Waals surface area contributed by atoms with Gasteiger partial charge in [0.2, 0.25) is 5.91 Å². The Balaban J connectivity index is 2.16. The summed E-state index contributed by atoms with van der Waals surface area (Å²) in [6.07, 6.45) is 5.48. The summed E-state index contributed by atoms with van der Waals surface area (Å²) >= 11 is 0. The summed E-state index contributed by atoms with van der Waals surface area (Å²) in [6, 6.07) is 0.523. The zero-order valence-electron chi connectivity index (χ0n) is 11.4. The summed E-state index contributed by atoms with van der Waals surface area (Å²) in [7, 11) is 3.60. The molecular formula is C13H26N2O2. The molecular weight excluding hydrogens is 216 g/mol. The molecule has 2 atom stereocenters. The van der Waals surface area contributed by atoms with Crippen LogP contribution < -0.4 is 5.32 Å². The van der Waals surface area contributed by atoms with Crippen molar-refractivity contribution in [1.29, 1.82) is 0 Å². The van der Waals surface area contributed by atoms with Crippen LogP contribution in [-0.4, -0.2) is 50.2 Å². The number of carbonyl (C=O) groups is 1. The highest BCUT2D eigenvalue weighted by atomic mass is 16.5. The Morgan fingerprint density at radius 2 is 2.24 bits per heavy atom. The van der Waals surface area contributed by atoms with Gasteiger partial charge in [-0.25, -0.2) is 0 Å². The molecule has 1 aliphatic rings. The molecule has 4 heteroatoms. The highest BCUT2D eigenvalue weighted by Crippen LogP contribution is 2.17. The second kappa shape index (κ2) is 7.67. The van der Waals surface area contributed by atoms with Crippen LogP contribution in [0.25, 0.3) is 0 Å². The SMILES string of the molecule is CCCC1CC(NCCC(=O)N(C)C)CCO1. The van der Waals surface area contributed by atoms with Gasteiger partial charge in [0.1, 0.15) is 0 Å². The van der Waals surface area contributed by atoms with E-state index in [1.807, 2.05) is 0 Å². The van der Waals surface area contributed by atoms with Crippen LogP contribution in [0, 0.1) is 0 Å². The lowest BCUT2D eigenvalue weighted by atomic mass is 10.00. The van der Waals surface area contributed by atoms with Crippen LogP contribution in [-0.2, 0) is 9.53 Å². The van der Waals surface area contributed by atoms with Gasteiger partial charge in [-0.05, 0) is 19.3 Å². The van der Waals surface area contributed by atoms with Crippen molar-refractivity contribution in [1.82, 2.24) is 10.2 Å². The maximum absolute atomic E-state index is 11.4. The molecule has 1 saturated heterocycles. The largest absolute Gasteiger partial charge is 0.378 e. The van der Waals surface area contributed by atoms with Crippen LogP contribution in [0.2, 0.25) is 0 Å². The average molecular weight is 242 g/mol. The molecule has 0 radical (unpaired) electrons. The zero-order valence-corrected chi connectivity index (χ0v) is 11.4. The summed E-state index contributed by atoms with van der Waals surface area (Å²) < 4.78 is 5.70. The van der Waals surface area contributed by atoms with E-state index in [2.05, 4.69) is 12.2 Å². The van der Waals surface area contributed by atoms with Gasteiger partial charge < -0.3 is 15.0 Å². The van der Waals surface area contributed by atoms with E-state index in [1.165, 1.54) is 6.42 Å². The molecule has 0 bridgehead atoms. The van der Waals surface area contributed by atoms with Gasteiger partial charge in [0.15, 0.2) is 0 Å². The minimum absolute atomic E-state index is 0.190.